The van der Waals surface area contributed by atoms with E-state index < -0.39 is 0 Å². The number of carbonyl (C=O) groups is 2. The topological polar surface area (TPSA) is 93.3 Å². The quantitative estimate of drug-likeness (QED) is 0.675. The lowest BCUT2D eigenvalue weighted by Gasteiger charge is -2.31. The highest BCUT2D eigenvalue weighted by Gasteiger charge is 2.26. The molecule has 30 heavy (non-hydrogen) atoms. The number of carbonyl (C=O) groups excluding carboxylic acids is 2. The van der Waals surface area contributed by atoms with Gasteiger partial charge in [0, 0.05) is 49.5 Å². The van der Waals surface area contributed by atoms with Gasteiger partial charge in [0.05, 0.1) is 11.8 Å². The number of aromatic nitrogens is 3. The fourth-order valence-corrected chi connectivity index (χ4v) is 3.72. The van der Waals surface area contributed by atoms with Crippen molar-refractivity contribution < 1.29 is 14.1 Å². The lowest BCUT2D eigenvalue weighted by atomic mass is 9.96. The van der Waals surface area contributed by atoms with E-state index in [0.717, 1.165) is 18.4 Å². The number of halogens is 1. The first-order valence-electron chi connectivity index (χ1n) is 9.78. The Morgan fingerprint density at radius 1 is 1.27 bits per heavy atom. The second-order valence-electron chi connectivity index (χ2n) is 7.44. The molecule has 1 N–H and O–H groups in total. The molecule has 2 aromatic heterocycles. The third-order valence-corrected chi connectivity index (χ3v) is 5.49. The maximum Gasteiger partial charge on any atom is 0.276 e. The molecule has 0 aliphatic carbocycles. The van der Waals surface area contributed by atoms with Crippen molar-refractivity contribution in [2.24, 2.45) is 13.0 Å². The van der Waals surface area contributed by atoms with Crippen molar-refractivity contribution in [2.75, 3.05) is 19.6 Å². The van der Waals surface area contributed by atoms with E-state index in [1.165, 1.54) is 0 Å². The van der Waals surface area contributed by atoms with Gasteiger partial charge in [-0.3, -0.25) is 14.3 Å². The van der Waals surface area contributed by atoms with Gasteiger partial charge in [-0.1, -0.05) is 28.9 Å². The molecule has 0 saturated carbocycles. The highest BCUT2D eigenvalue weighted by atomic mass is 35.5. The van der Waals surface area contributed by atoms with Crippen molar-refractivity contribution in [1.29, 1.82) is 0 Å². The Hall–Kier alpha value is -3.13. The number of nitrogens with zero attached hydrogens (tertiary/aromatic N) is 4. The van der Waals surface area contributed by atoms with Crippen LogP contribution in [0.15, 0.2) is 47.2 Å². The number of hydrogen-bond donors (Lipinski definition) is 1. The Labute approximate surface area is 178 Å². The van der Waals surface area contributed by atoms with Gasteiger partial charge in [0.1, 0.15) is 0 Å². The van der Waals surface area contributed by atoms with Crippen molar-refractivity contribution in [1.82, 2.24) is 25.2 Å². The van der Waals surface area contributed by atoms with Gasteiger partial charge in [-0.2, -0.15) is 5.10 Å². The summed E-state index contributed by atoms with van der Waals surface area (Å²) in [6.45, 7) is 1.82. The van der Waals surface area contributed by atoms with Gasteiger partial charge in [0.2, 0.25) is 0 Å². The largest absolute Gasteiger partial charge is 0.355 e. The van der Waals surface area contributed by atoms with Crippen LogP contribution in [0.4, 0.5) is 0 Å². The molecule has 1 saturated heterocycles. The summed E-state index contributed by atoms with van der Waals surface area (Å²) >= 11 is 6.01. The molecule has 0 radical (unpaired) electrons. The van der Waals surface area contributed by atoms with Crippen LogP contribution in [-0.2, 0) is 7.05 Å². The van der Waals surface area contributed by atoms with Gasteiger partial charge >= 0.3 is 0 Å². The fourth-order valence-electron chi connectivity index (χ4n) is 3.53. The summed E-state index contributed by atoms with van der Waals surface area (Å²) in [6.07, 6.45) is 4.87. The SMILES string of the molecule is Cn1cc(C(=O)NCC2CCN(C(=O)c3cc(-c4cccc(Cl)c4)on3)CC2)cn1. The predicted molar refractivity (Wildman–Crippen MR) is 111 cm³/mol. The second kappa shape index (κ2) is 8.71. The van der Waals surface area contributed by atoms with Gasteiger partial charge in [-0.15, -0.1) is 0 Å². The monoisotopic (exact) mass is 427 g/mol. The van der Waals surface area contributed by atoms with E-state index in [1.807, 2.05) is 12.1 Å². The Morgan fingerprint density at radius 3 is 2.77 bits per heavy atom. The van der Waals surface area contributed by atoms with Crippen LogP contribution < -0.4 is 5.32 Å². The number of nitrogens with one attached hydrogen (secondary N) is 1. The number of benzene rings is 1. The van der Waals surface area contributed by atoms with Crippen LogP contribution in [0.5, 0.6) is 0 Å². The lowest BCUT2D eigenvalue weighted by Crippen LogP contribution is -2.41. The van der Waals surface area contributed by atoms with E-state index in [9.17, 15) is 9.59 Å². The zero-order valence-corrected chi connectivity index (χ0v) is 17.3. The van der Waals surface area contributed by atoms with Crippen molar-refractivity contribution in [3.05, 3.63) is 59.0 Å². The lowest BCUT2D eigenvalue weighted by molar-refractivity contribution is 0.0674. The zero-order valence-electron chi connectivity index (χ0n) is 16.5. The Balaban J connectivity index is 1.29. The zero-order chi connectivity index (χ0) is 21.1. The maximum absolute atomic E-state index is 12.8. The van der Waals surface area contributed by atoms with Crippen LogP contribution in [-0.4, -0.2) is 51.3 Å². The van der Waals surface area contributed by atoms with E-state index in [1.54, 1.807) is 47.2 Å². The van der Waals surface area contributed by atoms with Crippen LogP contribution >= 0.6 is 11.6 Å². The Morgan fingerprint density at radius 2 is 2.07 bits per heavy atom. The fraction of sp³-hybridized carbons (Fsp3) is 0.333. The van der Waals surface area contributed by atoms with E-state index >= 15 is 0 Å². The molecule has 1 aromatic carbocycles. The molecule has 8 nitrogen and oxygen atoms in total. The van der Waals surface area contributed by atoms with Gasteiger partial charge < -0.3 is 14.7 Å². The average Bonchev–Trinajstić information content (AvgIpc) is 3.41. The van der Waals surface area contributed by atoms with Gasteiger partial charge in [-0.05, 0) is 30.9 Å². The summed E-state index contributed by atoms with van der Waals surface area (Å²) in [7, 11) is 1.77. The summed E-state index contributed by atoms with van der Waals surface area (Å²) in [6, 6.07) is 8.86. The highest BCUT2D eigenvalue weighted by molar-refractivity contribution is 6.30. The molecule has 1 fully saturated rings. The highest BCUT2D eigenvalue weighted by Crippen LogP contribution is 2.25. The summed E-state index contributed by atoms with van der Waals surface area (Å²) in [4.78, 5) is 26.7. The maximum atomic E-state index is 12.8. The van der Waals surface area contributed by atoms with Crippen LogP contribution in [0.2, 0.25) is 5.02 Å². The molecule has 4 rings (SSSR count). The van der Waals surface area contributed by atoms with E-state index in [0.29, 0.717) is 41.9 Å². The first kappa shape index (κ1) is 20.2. The molecule has 0 atom stereocenters. The number of likely N-dealkylation sites (tertiary alicyclic amines) is 1. The minimum Gasteiger partial charge on any atom is -0.355 e. The van der Waals surface area contributed by atoms with Crippen LogP contribution in [0, 0.1) is 5.92 Å². The first-order chi connectivity index (χ1) is 14.5. The van der Waals surface area contributed by atoms with Gasteiger partial charge in [0.15, 0.2) is 11.5 Å². The second-order valence-corrected chi connectivity index (χ2v) is 7.87. The molecule has 0 spiro atoms. The first-order valence-corrected chi connectivity index (χ1v) is 10.2. The summed E-state index contributed by atoms with van der Waals surface area (Å²) in [5, 5.41) is 11.5. The van der Waals surface area contributed by atoms with Crippen molar-refractivity contribution in [3.8, 4) is 11.3 Å². The molecular formula is C21H22ClN5O3. The van der Waals surface area contributed by atoms with Gasteiger partial charge in [0.25, 0.3) is 11.8 Å². The van der Waals surface area contributed by atoms with E-state index in [-0.39, 0.29) is 17.5 Å². The number of aryl methyl sites for hydroxylation is 1. The predicted octanol–water partition coefficient (Wildman–Crippen LogP) is 3.01. The minimum atomic E-state index is -0.148. The third-order valence-electron chi connectivity index (χ3n) is 5.26. The number of hydrogen-bond acceptors (Lipinski definition) is 5. The standard InChI is InChI=1S/C21H22ClN5O3/c1-26-13-16(12-24-26)20(28)23-11-14-5-7-27(8-6-14)21(29)18-10-19(30-25-18)15-3-2-4-17(22)9-15/h2-4,9-10,12-14H,5-8,11H2,1H3,(H,23,28). The third kappa shape index (κ3) is 4.54. The molecule has 9 heteroatoms. The Bertz CT molecular complexity index is 1050. The average molecular weight is 428 g/mol. The van der Waals surface area contributed by atoms with Crippen LogP contribution in [0.25, 0.3) is 11.3 Å². The molecule has 3 aromatic rings. The van der Waals surface area contributed by atoms with E-state index in [2.05, 4.69) is 15.6 Å². The molecule has 2 amide bonds. The number of rotatable bonds is 5. The summed E-state index contributed by atoms with van der Waals surface area (Å²) in [5.74, 6) is 0.561. The van der Waals surface area contributed by atoms with Gasteiger partial charge in [-0.25, -0.2) is 0 Å². The smallest absolute Gasteiger partial charge is 0.276 e. The molecule has 156 valence electrons. The van der Waals surface area contributed by atoms with Crippen LogP contribution in [0.1, 0.15) is 33.7 Å². The molecular weight excluding hydrogens is 406 g/mol. The summed E-state index contributed by atoms with van der Waals surface area (Å²) < 4.78 is 6.93. The molecule has 0 bridgehead atoms. The Kier molecular flexibility index (Phi) is 5.85. The molecule has 1 aliphatic heterocycles. The summed E-state index contributed by atoms with van der Waals surface area (Å²) in [5.41, 5.74) is 1.61. The minimum absolute atomic E-state index is 0.127. The number of amides is 2. The van der Waals surface area contributed by atoms with Crippen molar-refractivity contribution in [2.45, 2.75) is 12.8 Å². The molecule has 1 aliphatic rings. The van der Waals surface area contributed by atoms with Crippen molar-refractivity contribution >= 4 is 23.4 Å². The normalized spacial score (nSPS) is 14.7. The number of piperidine rings is 1. The molecule has 0 unspecified atom stereocenters. The molecule has 3 heterocycles. The van der Waals surface area contributed by atoms with Crippen molar-refractivity contribution in [3.63, 3.8) is 0 Å². The van der Waals surface area contributed by atoms with Crippen LogP contribution in [0.3, 0.4) is 0 Å². The van der Waals surface area contributed by atoms with E-state index in [4.69, 9.17) is 16.1 Å².